The van der Waals surface area contributed by atoms with Crippen LogP contribution in [0.4, 0.5) is 0 Å². The second-order valence-corrected chi connectivity index (χ2v) is 11.5. The molecule has 5 nitrogen and oxygen atoms in total. The van der Waals surface area contributed by atoms with Gasteiger partial charge in [-0.25, -0.2) is 4.98 Å². The number of amides is 1. The van der Waals surface area contributed by atoms with Crippen molar-refractivity contribution in [3.8, 4) is 5.75 Å². The molecule has 6 heteroatoms. The monoisotopic (exact) mass is 545 g/mol. The predicted molar refractivity (Wildman–Crippen MR) is 161 cm³/mol. The van der Waals surface area contributed by atoms with E-state index in [4.69, 9.17) is 21.3 Å². The summed E-state index contributed by atoms with van der Waals surface area (Å²) in [4.78, 5) is 17.2. The smallest absolute Gasteiger partial charge is 0.251 e. The van der Waals surface area contributed by atoms with Gasteiger partial charge in [-0.3, -0.25) is 4.79 Å². The van der Waals surface area contributed by atoms with Crippen LogP contribution in [0.3, 0.4) is 0 Å². The molecule has 206 valence electrons. The van der Waals surface area contributed by atoms with E-state index in [9.17, 15) is 4.79 Å². The van der Waals surface area contributed by atoms with Gasteiger partial charge < -0.3 is 14.6 Å². The zero-order valence-corrected chi connectivity index (χ0v) is 24.1. The van der Waals surface area contributed by atoms with Crippen LogP contribution in [0.15, 0.2) is 72.8 Å². The number of carbonyl (C=O) groups excluding carboxylic acids is 1. The molecule has 0 spiro atoms. The number of carbonyl (C=O) groups is 1. The van der Waals surface area contributed by atoms with Crippen molar-refractivity contribution in [2.45, 2.75) is 71.3 Å². The molecule has 4 aromatic rings. The number of benzene rings is 3. The van der Waals surface area contributed by atoms with Crippen LogP contribution in [-0.4, -0.2) is 28.6 Å². The van der Waals surface area contributed by atoms with Crippen molar-refractivity contribution in [1.82, 2.24) is 14.9 Å². The highest BCUT2D eigenvalue weighted by molar-refractivity contribution is 6.30. The Bertz CT molecular complexity index is 1360. The van der Waals surface area contributed by atoms with Crippen LogP contribution in [0.25, 0.3) is 11.0 Å². The lowest BCUT2D eigenvalue weighted by Gasteiger charge is -2.19. The first-order chi connectivity index (χ1) is 18.8. The highest BCUT2D eigenvalue weighted by Gasteiger charge is 2.13. The van der Waals surface area contributed by atoms with Crippen LogP contribution in [-0.2, 0) is 18.4 Å². The highest BCUT2D eigenvalue weighted by atomic mass is 35.5. The largest absolute Gasteiger partial charge is 0.494 e. The summed E-state index contributed by atoms with van der Waals surface area (Å²) < 4.78 is 8.37. The quantitative estimate of drug-likeness (QED) is 0.173. The number of hydrogen-bond acceptors (Lipinski definition) is 3. The minimum absolute atomic E-state index is 0.0785. The summed E-state index contributed by atoms with van der Waals surface area (Å²) in [6.07, 6.45) is 5.93. The third-order valence-corrected chi connectivity index (χ3v) is 7.18. The van der Waals surface area contributed by atoms with Gasteiger partial charge in [-0.05, 0) is 79.1 Å². The van der Waals surface area contributed by atoms with Crippen LogP contribution < -0.4 is 10.1 Å². The number of hydrogen-bond donors (Lipinski definition) is 1. The van der Waals surface area contributed by atoms with Gasteiger partial charge in [0.25, 0.3) is 5.91 Å². The van der Waals surface area contributed by atoms with E-state index >= 15 is 0 Å². The molecule has 39 heavy (non-hydrogen) atoms. The molecule has 0 saturated carbocycles. The maximum atomic E-state index is 12.3. The SMILES string of the molecule is CC(C)(C)c1ccc(OCCCCn2c(CCCCCNC(=O)c3cccc(Cl)c3)nc3ccccc32)cc1. The van der Waals surface area contributed by atoms with Gasteiger partial charge in [0.1, 0.15) is 11.6 Å². The number of unbranched alkanes of at least 4 members (excludes halogenated alkanes) is 3. The lowest BCUT2D eigenvalue weighted by Crippen LogP contribution is -2.24. The molecule has 3 aromatic carbocycles. The van der Waals surface area contributed by atoms with Crippen LogP contribution >= 0.6 is 11.6 Å². The molecule has 0 radical (unpaired) electrons. The van der Waals surface area contributed by atoms with Gasteiger partial charge in [-0.2, -0.15) is 0 Å². The number of para-hydroxylation sites is 2. The van der Waals surface area contributed by atoms with Crippen LogP contribution in [0, 0.1) is 0 Å². The molecular weight excluding hydrogens is 506 g/mol. The van der Waals surface area contributed by atoms with E-state index in [1.54, 1.807) is 24.3 Å². The lowest BCUT2D eigenvalue weighted by atomic mass is 9.87. The number of aryl methyl sites for hydroxylation is 2. The minimum atomic E-state index is -0.0785. The van der Waals surface area contributed by atoms with Crippen molar-refractivity contribution >= 4 is 28.5 Å². The second kappa shape index (κ2) is 13.7. The topological polar surface area (TPSA) is 56.1 Å². The maximum Gasteiger partial charge on any atom is 0.251 e. The van der Waals surface area contributed by atoms with Crippen LogP contribution in [0.2, 0.25) is 5.02 Å². The Hall–Kier alpha value is -3.31. The van der Waals surface area contributed by atoms with E-state index in [0.717, 1.165) is 62.2 Å². The Morgan fingerprint density at radius 2 is 1.72 bits per heavy atom. The summed E-state index contributed by atoms with van der Waals surface area (Å²) in [6, 6.07) is 23.9. The predicted octanol–water partition coefficient (Wildman–Crippen LogP) is 7.99. The molecule has 4 rings (SSSR count). The van der Waals surface area contributed by atoms with Crippen molar-refractivity contribution in [1.29, 1.82) is 0 Å². The number of fused-ring (bicyclic) bond motifs is 1. The number of imidazole rings is 1. The summed E-state index contributed by atoms with van der Waals surface area (Å²) in [6.45, 7) is 8.96. The first-order valence-electron chi connectivity index (χ1n) is 14.0. The standard InChI is InChI=1S/C33H40ClN3O2/c1-33(2,3)26-17-19-28(20-18-26)39-23-10-9-22-37-30-15-7-6-14-29(30)36-31(37)16-5-4-8-21-35-32(38)25-12-11-13-27(34)24-25/h6-7,11-15,17-20,24H,4-5,8-10,16,21-23H2,1-3H3,(H,35,38). The zero-order chi connectivity index (χ0) is 27.7. The number of aromatic nitrogens is 2. The maximum absolute atomic E-state index is 12.3. The minimum Gasteiger partial charge on any atom is -0.494 e. The average molecular weight is 546 g/mol. The van der Waals surface area contributed by atoms with Gasteiger partial charge in [-0.1, -0.05) is 69.1 Å². The van der Waals surface area contributed by atoms with Gasteiger partial charge in [0.05, 0.1) is 17.6 Å². The Labute approximate surface area is 237 Å². The van der Waals surface area contributed by atoms with Gasteiger partial charge in [-0.15, -0.1) is 0 Å². The molecule has 1 heterocycles. The van der Waals surface area contributed by atoms with Gasteiger partial charge in [0.2, 0.25) is 0 Å². The summed E-state index contributed by atoms with van der Waals surface area (Å²) in [5.41, 5.74) is 4.31. The molecule has 0 bridgehead atoms. The van der Waals surface area contributed by atoms with Crippen molar-refractivity contribution < 1.29 is 9.53 Å². The summed E-state index contributed by atoms with van der Waals surface area (Å²) in [5.74, 6) is 1.99. The molecule has 0 fully saturated rings. The first kappa shape index (κ1) is 28.7. The Morgan fingerprint density at radius 1 is 0.923 bits per heavy atom. The fourth-order valence-corrected chi connectivity index (χ4v) is 4.89. The van der Waals surface area contributed by atoms with Gasteiger partial charge in [0.15, 0.2) is 0 Å². The molecule has 0 saturated heterocycles. The normalized spacial score (nSPS) is 11.6. The van der Waals surface area contributed by atoms with Crippen molar-refractivity contribution in [3.05, 3.63) is 94.8 Å². The van der Waals surface area contributed by atoms with E-state index in [1.807, 2.05) is 6.07 Å². The molecule has 1 amide bonds. The van der Waals surface area contributed by atoms with E-state index < -0.39 is 0 Å². The number of halogens is 1. The Balaban J connectivity index is 1.21. The third-order valence-electron chi connectivity index (χ3n) is 6.95. The van der Waals surface area contributed by atoms with Crippen molar-refractivity contribution in [3.63, 3.8) is 0 Å². The highest BCUT2D eigenvalue weighted by Crippen LogP contribution is 2.24. The van der Waals surface area contributed by atoms with Crippen molar-refractivity contribution in [2.24, 2.45) is 0 Å². The molecule has 0 aliphatic heterocycles. The molecule has 0 aliphatic rings. The Kier molecular flexibility index (Phi) is 10.0. The molecule has 1 N–H and O–H groups in total. The molecule has 0 atom stereocenters. The molecular formula is C33H40ClN3O2. The number of ether oxygens (including phenoxy) is 1. The fourth-order valence-electron chi connectivity index (χ4n) is 4.70. The van der Waals surface area contributed by atoms with Crippen LogP contribution in [0.5, 0.6) is 5.75 Å². The average Bonchev–Trinajstić information content (AvgIpc) is 3.27. The summed E-state index contributed by atoms with van der Waals surface area (Å²) >= 11 is 5.99. The number of rotatable bonds is 13. The lowest BCUT2D eigenvalue weighted by molar-refractivity contribution is 0.0953. The van der Waals surface area contributed by atoms with Crippen LogP contribution in [0.1, 0.15) is 74.6 Å². The van der Waals surface area contributed by atoms with E-state index in [2.05, 4.69) is 73.1 Å². The molecule has 1 aromatic heterocycles. The summed E-state index contributed by atoms with van der Waals surface area (Å²) in [5, 5.41) is 3.56. The Morgan fingerprint density at radius 3 is 2.49 bits per heavy atom. The van der Waals surface area contributed by atoms with Gasteiger partial charge in [0, 0.05) is 30.1 Å². The summed E-state index contributed by atoms with van der Waals surface area (Å²) in [7, 11) is 0. The number of nitrogens with zero attached hydrogens (tertiary/aromatic N) is 2. The van der Waals surface area contributed by atoms with Crippen molar-refractivity contribution in [2.75, 3.05) is 13.2 Å². The van der Waals surface area contributed by atoms with E-state index in [1.165, 1.54) is 11.1 Å². The van der Waals surface area contributed by atoms with E-state index in [0.29, 0.717) is 23.7 Å². The second-order valence-electron chi connectivity index (χ2n) is 11.1. The first-order valence-corrected chi connectivity index (χ1v) is 14.4. The third kappa shape index (κ3) is 8.34. The zero-order valence-electron chi connectivity index (χ0n) is 23.4. The van der Waals surface area contributed by atoms with Gasteiger partial charge >= 0.3 is 0 Å². The van der Waals surface area contributed by atoms with E-state index in [-0.39, 0.29) is 11.3 Å². The molecule has 0 unspecified atom stereocenters. The molecule has 0 aliphatic carbocycles. The number of nitrogens with one attached hydrogen (secondary N) is 1. The fraction of sp³-hybridized carbons (Fsp3) is 0.394.